The normalized spacial score (nSPS) is 16.0. The Morgan fingerprint density at radius 3 is 2.56 bits per heavy atom. The summed E-state index contributed by atoms with van der Waals surface area (Å²) in [5.74, 6) is 0. The lowest BCUT2D eigenvalue weighted by molar-refractivity contribution is 0.577. The van der Waals surface area contributed by atoms with E-state index in [0.29, 0.717) is 0 Å². The summed E-state index contributed by atoms with van der Waals surface area (Å²) in [4.78, 5) is 2.50. The second-order valence-electron chi connectivity index (χ2n) is 5.08. The van der Waals surface area contributed by atoms with Crippen LogP contribution in [0.5, 0.6) is 0 Å². The molecule has 1 aliphatic rings. The van der Waals surface area contributed by atoms with Gasteiger partial charge in [-0.1, -0.05) is 6.07 Å². The summed E-state index contributed by atoms with van der Waals surface area (Å²) in [5, 5.41) is 0. The van der Waals surface area contributed by atoms with Crippen molar-refractivity contribution in [3.8, 4) is 0 Å². The number of aryl methyl sites for hydroxylation is 1. The Hall–Kier alpha value is -0.540. The summed E-state index contributed by atoms with van der Waals surface area (Å²) in [5.41, 5.74) is 8.30. The van der Waals surface area contributed by atoms with Crippen molar-refractivity contribution in [2.75, 3.05) is 24.5 Å². The first-order valence-corrected chi connectivity index (χ1v) is 7.84. The minimum Gasteiger partial charge on any atom is -0.371 e. The lowest BCUT2D eigenvalue weighted by atomic mass is 10.1. The van der Waals surface area contributed by atoms with Crippen molar-refractivity contribution in [2.45, 2.75) is 38.5 Å². The van der Waals surface area contributed by atoms with Gasteiger partial charge in [-0.2, -0.15) is 0 Å². The zero-order valence-electron chi connectivity index (χ0n) is 11.0. The molecule has 2 N–H and O–H groups in total. The fourth-order valence-corrected chi connectivity index (χ4v) is 3.25. The molecular formula is C15H23BrN2. The molecule has 0 radical (unpaired) electrons. The van der Waals surface area contributed by atoms with Crippen molar-refractivity contribution in [2.24, 2.45) is 5.73 Å². The number of piperidine rings is 1. The van der Waals surface area contributed by atoms with Crippen LogP contribution in [-0.2, 0) is 6.42 Å². The molecule has 1 heterocycles. The summed E-state index contributed by atoms with van der Waals surface area (Å²) in [6.45, 7) is 3.20. The van der Waals surface area contributed by atoms with E-state index >= 15 is 0 Å². The summed E-state index contributed by atoms with van der Waals surface area (Å²) < 4.78 is 1.25. The Kier molecular flexibility index (Phi) is 5.51. The Labute approximate surface area is 119 Å². The summed E-state index contributed by atoms with van der Waals surface area (Å²) >= 11 is 3.73. The third-order valence-corrected chi connectivity index (χ3v) is 4.26. The number of benzene rings is 1. The average molecular weight is 311 g/mol. The third-order valence-electron chi connectivity index (χ3n) is 3.63. The highest BCUT2D eigenvalue weighted by Gasteiger charge is 2.13. The van der Waals surface area contributed by atoms with E-state index in [-0.39, 0.29) is 0 Å². The number of anilines is 1. The molecule has 0 bridgehead atoms. The first-order chi connectivity index (χ1) is 8.81. The Morgan fingerprint density at radius 2 is 1.89 bits per heavy atom. The number of rotatable bonds is 5. The van der Waals surface area contributed by atoms with Crippen LogP contribution in [0.3, 0.4) is 0 Å². The third kappa shape index (κ3) is 3.72. The lowest BCUT2D eigenvalue weighted by Crippen LogP contribution is -2.29. The van der Waals surface area contributed by atoms with Gasteiger partial charge in [-0.3, -0.25) is 0 Å². The van der Waals surface area contributed by atoms with Crippen LogP contribution in [0.2, 0.25) is 0 Å². The van der Waals surface area contributed by atoms with Crippen LogP contribution < -0.4 is 10.6 Å². The highest BCUT2D eigenvalue weighted by Crippen LogP contribution is 2.29. The maximum Gasteiger partial charge on any atom is 0.0510 e. The Morgan fingerprint density at radius 1 is 1.11 bits per heavy atom. The predicted molar refractivity (Wildman–Crippen MR) is 82.2 cm³/mol. The molecule has 0 spiro atoms. The van der Waals surface area contributed by atoms with Crippen LogP contribution in [0.1, 0.15) is 37.7 Å². The zero-order chi connectivity index (χ0) is 12.8. The molecule has 1 aromatic rings. The van der Waals surface area contributed by atoms with Crippen molar-refractivity contribution in [3.05, 3.63) is 28.2 Å². The molecule has 1 aromatic carbocycles. The maximum atomic E-state index is 5.53. The van der Waals surface area contributed by atoms with E-state index in [4.69, 9.17) is 5.73 Å². The van der Waals surface area contributed by atoms with Crippen molar-refractivity contribution >= 4 is 21.6 Å². The summed E-state index contributed by atoms with van der Waals surface area (Å²) in [7, 11) is 0. The minimum atomic E-state index is 0.799. The van der Waals surface area contributed by atoms with Gasteiger partial charge in [0.2, 0.25) is 0 Å². The first kappa shape index (κ1) is 13.9. The van der Waals surface area contributed by atoms with Gasteiger partial charge < -0.3 is 10.6 Å². The maximum absolute atomic E-state index is 5.53. The van der Waals surface area contributed by atoms with Crippen molar-refractivity contribution in [1.29, 1.82) is 0 Å². The quantitative estimate of drug-likeness (QED) is 0.840. The topological polar surface area (TPSA) is 29.3 Å². The van der Waals surface area contributed by atoms with Gasteiger partial charge in [0.25, 0.3) is 0 Å². The number of hydrogen-bond acceptors (Lipinski definition) is 2. The Balaban J connectivity index is 2.00. The van der Waals surface area contributed by atoms with E-state index in [9.17, 15) is 0 Å². The highest BCUT2D eigenvalue weighted by atomic mass is 79.9. The highest BCUT2D eigenvalue weighted by molar-refractivity contribution is 9.10. The number of halogens is 1. The average Bonchev–Trinajstić information content (AvgIpc) is 2.40. The largest absolute Gasteiger partial charge is 0.371 e. The Bertz CT molecular complexity index is 373. The van der Waals surface area contributed by atoms with E-state index in [2.05, 4.69) is 39.0 Å². The number of nitrogens with zero attached hydrogens (tertiary/aromatic N) is 1. The van der Waals surface area contributed by atoms with Crippen LogP contribution in [-0.4, -0.2) is 19.6 Å². The van der Waals surface area contributed by atoms with Gasteiger partial charge in [0, 0.05) is 17.6 Å². The molecule has 2 nitrogen and oxygen atoms in total. The van der Waals surface area contributed by atoms with E-state index in [1.54, 1.807) is 0 Å². The molecule has 2 rings (SSSR count). The van der Waals surface area contributed by atoms with Gasteiger partial charge in [-0.15, -0.1) is 0 Å². The van der Waals surface area contributed by atoms with E-state index in [1.807, 2.05) is 0 Å². The fourth-order valence-electron chi connectivity index (χ4n) is 2.57. The van der Waals surface area contributed by atoms with E-state index in [0.717, 1.165) is 19.4 Å². The van der Waals surface area contributed by atoms with Crippen LogP contribution in [0.15, 0.2) is 22.7 Å². The number of unbranched alkanes of at least 4 members (excludes halogenated alkanes) is 1. The molecule has 100 valence electrons. The smallest absolute Gasteiger partial charge is 0.0510 e. The molecule has 18 heavy (non-hydrogen) atoms. The van der Waals surface area contributed by atoms with Gasteiger partial charge in [-0.25, -0.2) is 0 Å². The molecule has 0 aromatic heterocycles. The van der Waals surface area contributed by atoms with Crippen molar-refractivity contribution < 1.29 is 0 Å². The molecule has 0 unspecified atom stereocenters. The molecular weight excluding hydrogens is 288 g/mol. The van der Waals surface area contributed by atoms with Crippen molar-refractivity contribution in [3.63, 3.8) is 0 Å². The fraction of sp³-hybridized carbons (Fsp3) is 0.600. The molecule has 1 saturated heterocycles. The first-order valence-electron chi connectivity index (χ1n) is 7.04. The SMILES string of the molecule is NCCCCc1ccc(N2CCCCC2)c(Br)c1. The standard InChI is InChI=1S/C15H23BrN2/c16-14-12-13(6-2-3-9-17)7-8-15(14)18-10-4-1-5-11-18/h7-8,12H,1-6,9-11,17H2. The van der Waals surface area contributed by atoms with Crippen LogP contribution >= 0.6 is 15.9 Å². The number of nitrogens with two attached hydrogens (primary N) is 1. The van der Waals surface area contributed by atoms with Crippen molar-refractivity contribution in [1.82, 2.24) is 0 Å². The van der Waals surface area contributed by atoms with Gasteiger partial charge in [0.05, 0.1) is 5.69 Å². The summed E-state index contributed by atoms with van der Waals surface area (Å²) in [6.07, 6.45) is 7.47. The van der Waals surface area contributed by atoms with Gasteiger partial charge >= 0.3 is 0 Å². The monoisotopic (exact) mass is 310 g/mol. The van der Waals surface area contributed by atoms with Gasteiger partial charge in [0.1, 0.15) is 0 Å². The molecule has 0 atom stereocenters. The van der Waals surface area contributed by atoms with Gasteiger partial charge in [-0.05, 0) is 78.7 Å². The van der Waals surface area contributed by atoms with Gasteiger partial charge in [0.15, 0.2) is 0 Å². The second-order valence-corrected chi connectivity index (χ2v) is 5.93. The van der Waals surface area contributed by atoms with E-state index in [1.165, 1.54) is 54.5 Å². The minimum absolute atomic E-state index is 0.799. The second kappa shape index (κ2) is 7.15. The predicted octanol–water partition coefficient (Wildman–Crippen LogP) is 3.72. The number of hydrogen-bond donors (Lipinski definition) is 1. The van der Waals surface area contributed by atoms with Crippen LogP contribution in [0.25, 0.3) is 0 Å². The molecule has 1 aliphatic heterocycles. The molecule has 1 fully saturated rings. The molecule has 0 aliphatic carbocycles. The van der Waals surface area contributed by atoms with Crippen LogP contribution in [0, 0.1) is 0 Å². The van der Waals surface area contributed by atoms with Crippen LogP contribution in [0.4, 0.5) is 5.69 Å². The molecule has 0 amide bonds. The molecule has 0 saturated carbocycles. The lowest BCUT2D eigenvalue weighted by Gasteiger charge is -2.29. The van der Waals surface area contributed by atoms with E-state index < -0.39 is 0 Å². The molecule has 3 heteroatoms. The zero-order valence-corrected chi connectivity index (χ0v) is 12.6. The summed E-state index contributed by atoms with van der Waals surface area (Å²) in [6, 6.07) is 6.82.